The summed E-state index contributed by atoms with van der Waals surface area (Å²) in [5.41, 5.74) is 1.70. The van der Waals surface area contributed by atoms with Crippen LogP contribution in [0.3, 0.4) is 0 Å². The Morgan fingerprint density at radius 1 is 1.10 bits per heavy atom. The number of hydrogen-bond acceptors (Lipinski definition) is 7. The number of aromatic nitrogens is 5. The number of anilines is 2. The van der Waals surface area contributed by atoms with E-state index in [1.807, 2.05) is 50.5 Å². The molecule has 0 aliphatic carbocycles. The van der Waals surface area contributed by atoms with Crippen LogP contribution in [0.4, 0.5) is 11.6 Å². The standard InChI is InChI=1S/C22H25N7O2/c1-4-23-8-10-30-17-11-15(2)22(24-13-17)31-16-5-6-19-18(12-16)21(26-14-25-19)27-20-7-9-29(3)28-20/h5-7,9,11-14,23H,4,8,10H2,1-3H3,(H,25,26,27,28)/p+1. The molecule has 4 rings (SSSR count). The summed E-state index contributed by atoms with van der Waals surface area (Å²) < 4.78 is 13.5. The summed E-state index contributed by atoms with van der Waals surface area (Å²) in [6, 6.07) is 9.48. The van der Waals surface area contributed by atoms with Crippen molar-refractivity contribution in [3.8, 4) is 17.4 Å². The number of likely N-dealkylation sites (N-methyl/N-ethyl adjacent to an activating group) is 1. The Labute approximate surface area is 180 Å². The maximum atomic E-state index is 6.05. The van der Waals surface area contributed by atoms with Crippen LogP contribution in [0.5, 0.6) is 17.4 Å². The fourth-order valence-electron chi connectivity index (χ4n) is 3.10. The number of nitrogens with one attached hydrogen (secondary N) is 1. The third kappa shape index (κ3) is 5.07. The van der Waals surface area contributed by atoms with Crippen molar-refractivity contribution in [1.29, 1.82) is 0 Å². The first-order chi connectivity index (χ1) is 15.1. The van der Waals surface area contributed by atoms with Crippen LogP contribution in [-0.4, -0.2) is 44.4 Å². The van der Waals surface area contributed by atoms with Crippen molar-refractivity contribution < 1.29 is 14.8 Å². The van der Waals surface area contributed by atoms with Crippen molar-refractivity contribution in [2.45, 2.75) is 13.8 Å². The largest absolute Gasteiger partial charge is 0.486 e. The zero-order valence-corrected chi connectivity index (χ0v) is 17.9. The van der Waals surface area contributed by atoms with Crippen LogP contribution in [0.1, 0.15) is 12.5 Å². The molecule has 160 valence electrons. The fourth-order valence-corrected chi connectivity index (χ4v) is 3.10. The summed E-state index contributed by atoms with van der Waals surface area (Å²) in [7, 11) is 1.87. The molecule has 0 fully saturated rings. The number of quaternary nitrogens is 1. The van der Waals surface area contributed by atoms with E-state index in [0.29, 0.717) is 29.9 Å². The molecule has 0 aliphatic rings. The number of nitrogens with zero attached hydrogens (tertiary/aromatic N) is 5. The monoisotopic (exact) mass is 420 g/mol. The minimum absolute atomic E-state index is 0.530. The van der Waals surface area contributed by atoms with E-state index in [1.165, 1.54) is 6.33 Å². The van der Waals surface area contributed by atoms with Gasteiger partial charge in [-0.1, -0.05) is 0 Å². The average molecular weight is 420 g/mol. The molecule has 3 N–H and O–H groups in total. The second kappa shape index (κ2) is 9.40. The second-order valence-corrected chi connectivity index (χ2v) is 7.13. The molecule has 0 saturated carbocycles. The van der Waals surface area contributed by atoms with E-state index in [4.69, 9.17) is 9.47 Å². The Kier molecular flexibility index (Phi) is 6.23. The number of aryl methyl sites for hydroxylation is 2. The van der Waals surface area contributed by atoms with Gasteiger partial charge in [-0.25, -0.2) is 15.0 Å². The number of fused-ring (bicyclic) bond motifs is 1. The van der Waals surface area contributed by atoms with Gasteiger partial charge in [0.1, 0.15) is 36.8 Å². The van der Waals surface area contributed by atoms with E-state index in [1.54, 1.807) is 10.9 Å². The minimum atomic E-state index is 0.530. The van der Waals surface area contributed by atoms with Gasteiger partial charge in [-0.2, -0.15) is 5.10 Å². The molecule has 0 saturated heterocycles. The molecule has 31 heavy (non-hydrogen) atoms. The van der Waals surface area contributed by atoms with Crippen LogP contribution in [0, 0.1) is 6.92 Å². The SMILES string of the molecule is CC[NH2+]CCOc1cnc(Oc2ccc3ncnc(Nc4ccn(C)n4)c3c2)c(C)c1. The number of hydrogen-bond donors (Lipinski definition) is 2. The Morgan fingerprint density at radius 3 is 2.77 bits per heavy atom. The lowest BCUT2D eigenvalue weighted by molar-refractivity contribution is -0.652. The van der Waals surface area contributed by atoms with Gasteiger partial charge in [0.2, 0.25) is 5.88 Å². The van der Waals surface area contributed by atoms with E-state index in [2.05, 4.69) is 37.6 Å². The molecule has 0 bridgehead atoms. The zero-order valence-electron chi connectivity index (χ0n) is 17.9. The lowest BCUT2D eigenvalue weighted by Gasteiger charge is -2.11. The van der Waals surface area contributed by atoms with Crippen LogP contribution in [0.2, 0.25) is 0 Å². The highest BCUT2D eigenvalue weighted by molar-refractivity contribution is 5.91. The molecule has 3 aromatic heterocycles. The quantitative estimate of drug-likeness (QED) is 0.401. The number of benzene rings is 1. The smallest absolute Gasteiger partial charge is 0.222 e. The molecule has 0 amide bonds. The molecule has 3 heterocycles. The van der Waals surface area contributed by atoms with E-state index in [-0.39, 0.29) is 0 Å². The van der Waals surface area contributed by atoms with E-state index < -0.39 is 0 Å². The summed E-state index contributed by atoms with van der Waals surface area (Å²) in [5, 5.41) is 10.6. The second-order valence-electron chi connectivity index (χ2n) is 7.13. The zero-order chi connectivity index (χ0) is 21.6. The molecule has 9 nitrogen and oxygen atoms in total. The average Bonchev–Trinajstić information content (AvgIpc) is 3.18. The fraction of sp³-hybridized carbons (Fsp3) is 0.273. The summed E-state index contributed by atoms with van der Waals surface area (Å²) in [5.74, 6) is 3.28. The number of nitrogens with two attached hydrogens (primary N) is 1. The summed E-state index contributed by atoms with van der Waals surface area (Å²) in [6.07, 6.45) is 5.08. The third-order valence-corrected chi connectivity index (χ3v) is 4.67. The highest BCUT2D eigenvalue weighted by Crippen LogP contribution is 2.30. The highest BCUT2D eigenvalue weighted by atomic mass is 16.5. The third-order valence-electron chi connectivity index (χ3n) is 4.67. The molecule has 0 spiro atoms. The summed E-state index contributed by atoms with van der Waals surface area (Å²) in [4.78, 5) is 13.1. The van der Waals surface area contributed by atoms with Crippen molar-refractivity contribution in [3.63, 3.8) is 0 Å². The summed E-state index contributed by atoms with van der Waals surface area (Å²) in [6.45, 7) is 6.68. The van der Waals surface area contributed by atoms with Gasteiger partial charge in [0.15, 0.2) is 5.82 Å². The van der Waals surface area contributed by atoms with Crippen molar-refractivity contribution in [2.24, 2.45) is 7.05 Å². The topological polar surface area (TPSA) is 104 Å². The van der Waals surface area contributed by atoms with Gasteiger partial charge in [-0.3, -0.25) is 4.68 Å². The van der Waals surface area contributed by atoms with Gasteiger partial charge in [-0.15, -0.1) is 0 Å². The predicted octanol–water partition coefficient (Wildman–Crippen LogP) is 2.56. The van der Waals surface area contributed by atoms with Crippen LogP contribution >= 0.6 is 0 Å². The van der Waals surface area contributed by atoms with Crippen LogP contribution in [-0.2, 0) is 7.05 Å². The van der Waals surface area contributed by atoms with Crippen molar-refractivity contribution in [2.75, 3.05) is 25.0 Å². The van der Waals surface area contributed by atoms with Gasteiger partial charge >= 0.3 is 0 Å². The molecule has 0 atom stereocenters. The lowest BCUT2D eigenvalue weighted by atomic mass is 10.2. The first kappa shape index (κ1) is 20.5. The molecule has 9 heteroatoms. The Bertz CT molecular complexity index is 1180. The van der Waals surface area contributed by atoms with E-state index >= 15 is 0 Å². The molecule has 0 radical (unpaired) electrons. The van der Waals surface area contributed by atoms with Crippen molar-refractivity contribution in [3.05, 3.63) is 54.6 Å². The minimum Gasteiger partial charge on any atom is -0.486 e. The first-order valence-corrected chi connectivity index (χ1v) is 10.2. The highest BCUT2D eigenvalue weighted by Gasteiger charge is 2.10. The maximum absolute atomic E-state index is 6.05. The Balaban J connectivity index is 1.52. The van der Waals surface area contributed by atoms with Crippen LogP contribution in [0.15, 0.2) is 49.1 Å². The first-order valence-electron chi connectivity index (χ1n) is 10.2. The van der Waals surface area contributed by atoms with Crippen molar-refractivity contribution in [1.82, 2.24) is 24.7 Å². The van der Waals surface area contributed by atoms with Gasteiger partial charge in [0.05, 0.1) is 18.3 Å². The summed E-state index contributed by atoms with van der Waals surface area (Å²) >= 11 is 0. The number of rotatable bonds is 9. The van der Waals surface area contributed by atoms with Gasteiger partial charge in [0, 0.05) is 30.3 Å². The lowest BCUT2D eigenvalue weighted by Crippen LogP contribution is -2.84. The Morgan fingerprint density at radius 2 is 2.00 bits per heavy atom. The van der Waals surface area contributed by atoms with Gasteiger partial charge < -0.3 is 20.1 Å². The predicted molar refractivity (Wildman–Crippen MR) is 118 cm³/mol. The van der Waals surface area contributed by atoms with Crippen molar-refractivity contribution >= 4 is 22.5 Å². The van der Waals surface area contributed by atoms with Crippen LogP contribution < -0.4 is 20.1 Å². The maximum Gasteiger partial charge on any atom is 0.222 e. The van der Waals surface area contributed by atoms with E-state index in [9.17, 15) is 0 Å². The molecular weight excluding hydrogens is 394 g/mol. The molecule has 4 aromatic rings. The molecular formula is C22H26N7O2+. The van der Waals surface area contributed by atoms with Gasteiger partial charge in [-0.05, 0) is 38.1 Å². The number of pyridine rings is 1. The molecule has 1 aromatic carbocycles. The number of ether oxygens (including phenoxy) is 2. The normalized spacial score (nSPS) is 10.9. The van der Waals surface area contributed by atoms with E-state index in [0.717, 1.165) is 35.3 Å². The Hall–Kier alpha value is -3.72. The van der Waals surface area contributed by atoms with Gasteiger partial charge in [0.25, 0.3) is 0 Å². The van der Waals surface area contributed by atoms with Crippen LogP contribution in [0.25, 0.3) is 10.9 Å². The molecule has 0 aliphatic heterocycles. The molecule has 0 unspecified atom stereocenters.